The Labute approximate surface area is 170 Å². The van der Waals surface area contributed by atoms with Crippen molar-refractivity contribution in [3.05, 3.63) is 53.6 Å². The second-order valence-corrected chi connectivity index (χ2v) is 9.19. The topological polar surface area (TPSA) is 84.9 Å². The number of ether oxygens (including phenoxy) is 2. The summed E-state index contributed by atoms with van der Waals surface area (Å²) in [6.45, 7) is 1.75. The lowest BCUT2D eigenvalue weighted by atomic mass is 10.1. The van der Waals surface area contributed by atoms with E-state index in [1.165, 1.54) is 0 Å². The van der Waals surface area contributed by atoms with Gasteiger partial charge in [-0.05, 0) is 48.2 Å². The average molecular weight is 416 g/mol. The molecule has 154 valence electrons. The van der Waals surface area contributed by atoms with Gasteiger partial charge in [-0.1, -0.05) is 24.6 Å². The number of benzene rings is 2. The summed E-state index contributed by atoms with van der Waals surface area (Å²) < 4.78 is 37.5. The lowest BCUT2D eigenvalue weighted by molar-refractivity contribution is -0.120. The van der Waals surface area contributed by atoms with Gasteiger partial charge in [0.25, 0.3) is 0 Å². The van der Waals surface area contributed by atoms with Gasteiger partial charge in [-0.2, -0.15) is 4.31 Å². The molecule has 29 heavy (non-hydrogen) atoms. The summed E-state index contributed by atoms with van der Waals surface area (Å²) in [5.74, 6) is 1.26. The Morgan fingerprint density at radius 3 is 2.38 bits per heavy atom. The molecular weight excluding hydrogens is 392 g/mol. The van der Waals surface area contributed by atoms with E-state index < -0.39 is 10.0 Å². The fourth-order valence-corrected chi connectivity index (χ4v) is 5.05. The van der Waals surface area contributed by atoms with Crippen LogP contribution in [0.25, 0.3) is 0 Å². The van der Waals surface area contributed by atoms with Crippen molar-refractivity contribution in [3.63, 3.8) is 0 Å². The van der Waals surface area contributed by atoms with Gasteiger partial charge in [0.2, 0.25) is 22.7 Å². The van der Waals surface area contributed by atoms with Crippen molar-refractivity contribution in [2.75, 3.05) is 19.9 Å². The fourth-order valence-electron chi connectivity index (χ4n) is 3.53. The van der Waals surface area contributed by atoms with E-state index >= 15 is 0 Å². The van der Waals surface area contributed by atoms with Crippen molar-refractivity contribution < 1.29 is 22.7 Å². The van der Waals surface area contributed by atoms with E-state index in [1.807, 2.05) is 18.2 Å². The maximum Gasteiger partial charge on any atom is 0.243 e. The average Bonchev–Trinajstić information content (AvgIpc) is 3.21. The highest BCUT2D eigenvalue weighted by Gasteiger charge is 2.25. The Hall–Kier alpha value is -2.58. The van der Waals surface area contributed by atoms with Gasteiger partial charge >= 0.3 is 0 Å². The van der Waals surface area contributed by atoms with Gasteiger partial charge < -0.3 is 14.8 Å². The minimum Gasteiger partial charge on any atom is -0.454 e. The summed E-state index contributed by atoms with van der Waals surface area (Å²) in [6, 6.07) is 12.1. The quantitative estimate of drug-likeness (QED) is 0.782. The Bertz CT molecular complexity index is 983. The van der Waals surface area contributed by atoms with E-state index in [9.17, 15) is 13.2 Å². The number of carbonyl (C=O) groups is 1. The number of piperidine rings is 1. The summed E-state index contributed by atoms with van der Waals surface area (Å²) in [6.07, 6.45) is 3.07. The predicted molar refractivity (Wildman–Crippen MR) is 107 cm³/mol. The van der Waals surface area contributed by atoms with Crippen LogP contribution >= 0.6 is 0 Å². The minimum absolute atomic E-state index is 0.130. The number of carbonyl (C=O) groups excluding carboxylic acids is 1. The van der Waals surface area contributed by atoms with Crippen molar-refractivity contribution in [1.82, 2.24) is 9.62 Å². The van der Waals surface area contributed by atoms with Gasteiger partial charge in [0.15, 0.2) is 11.5 Å². The smallest absolute Gasteiger partial charge is 0.243 e. The highest BCUT2D eigenvalue weighted by atomic mass is 32.2. The second kappa shape index (κ2) is 8.42. The molecule has 0 bridgehead atoms. The number of nitrogens with one attached hydrogen (secondary N) is 1. The molecular formula is C21H24N2O5S. The van der Waals surface area contributed by atoms with Crippen molar-refractivity contribution in [1.29, 1.82) is 0 Å². The monoisotopic (exact) mass is 416 g/mol. The van der Waals surface area contributed by atoms with E-state index in [-0.39, 0.29) is 24.0 Å². The zero-order valence-corrected chi connectivity index (χ0v) is 16.9. The van der Waals surface area contributed by atoms with Crippen LogP contribution in [-0.4, -0.2) is 38.5 Å². The number of nitrogens with zero attached hydrogens (tertiary/aromatic N) is 1. The molecule has 0 aliphatic carbocycles. The third kappa shape index (κ3) is 4.54. The maximum atomic E-state index is 12.7. The molecule has 2 aliphatic heterocycles. The van der Waals surface area contributed by atoms with Crippen molar-refractivity contribution in [3.8, 4) is 11.5 Å². The van der Waals surface area contributed by atoms with Crippen LogP contribution in [0.4, 0.5) is 0 Å². The predicted octanol–water partition coefficient (Wildman–Crippen LogP) is 2.45. The summed E-state index contributed by atoms with van der Waals surface area (Å²) in [7, 11) is -3.45. The fraction of sp³-hybridized carbons (Fsp3) is 0.381. The first kappa shape index (κ1) is 19.7. The Kier molecular flexibility index (Phi) is 5.73. The second-order valence-electron chi connectivity index (χ2n) is 7.25. The molecule has 2 aromatic carbocycles. The van der Waals surface area contributed by atoms with Gasteiger partial charge in [-0.25, -0.2) is 8.42 Å². The van der Waals surface area contributed by atoms with Crippen molar-refractivity contribution in [2.45, 2.75) is 37.1 Å². The molecule has 2 heterocycles. The van der Waals surface area contributed by atoms with E-state index in [0.29, 0.717) is 31.1 Å². The molecule has 1 amide bonds. The van der Waals surface area contributed by atoms with Gasteiger partial charge in [-0.15, -0.1) is 0 Å². The standard InChI is InChI=1S/C21H24N2O5S/c24-21(22-14-17-6-9-19-20(12-17)28-15-27-19)13-16-4-7-18(8-5-16)29(25,26)23-10-2-1-3-11-23/h4-9,12H,1-3,10-11,13-15H2,(H,22,24). The number of hydrogen-bond acceptors (Lipinski definition) is 5. The molecule has 0 unspecified atom stereocenters. The molecule has 2 aliphatic rings. The first-order chi connectivity index (χ1) is 14.0. The van der Waals surface area contributed by atoms with Gasteiger partial charge in [-0.3, -0.25) is 4.79 Å². The van der Waals surface area contributed by atoms with Crippen LogP contribution in [0, 0.1) is 0 Å². The lowest BCUT2D eigenvalue weighted by Gasteiger charge is -2.25. The highest BCUT2D eigenvalue weighted by molar-refractivity contribution is 7.89. The van der Waals surface area contributed by atoms with Crippen LogP contribution in [0.2, 0.25) is 0 Å². The molecule has 1 fully saturated rings. The molecule has 2 aromatic rings. The third-order valence-electron chi connectivity index (χ3n) is 5.17. The number of hydrogen-bond donors (Lipinski definition) is 1. The minimum atomic E-state index is -3.45. The summed E-state index contributed by atoms with van der Waals surface area (Å²) in [5.41, 5.74) is 1.69. The largest absolute Gasteiger partial charge is 0.454 e. The SMILES string of the molecule is O=C(Cc1ccc(S(=O)(=O)N2CCCCC2)cc1)NCc1ccc2c(c1)OCO2. The van der Waals surface area contributed by atoms with Gasteiger partial charge in [0.1, 0.15) is 0 Å². The number of amides is 1. The third-order valence-corrected chi connectivity index (χ3v) is 7.08. The van der Waals surface area contributed by atoms with E-state index in [1.54, 1.807) is 28.6 Å². The van der Waals surface area contributed by atoms with Crippen LogP contribution in [0.3, 0.4) is 0 Å². The lowest BCUT2D eigenvalue weighted by Crippen LogP contribution is -2.35. The zero-order chi connectivity index (χ0) is 20.3. The van der Waals surface area contributed by atoms with Gasteiger partial charge in [0, 0.05) is 19.6 Å². The summed E-state index contributed by atoms with van der Waals surface area (Å²) >= 11 is 0. The molecule has 0 aromatic heterocycles. The van der Waals surface area contributed by atoms with Crippen LogP contribution in [0.1, 0.15) is 30.4 Å². The zero-order valence-electron chi connectivity index (χ0n) is 16.1. The van der Waals surface area contributed by atoms with Crippen LogP contribution < -0.4 is 14.8 Å². The Morgan fingerprint density at radius 1 is 0.931 bits per heavy atom. The normalized spacial score (nSPS) is 16.6. The van der Waals surface area contributed by atoms with E-state index in [2.05, 4.69) is 5.32 Å². The van der Waals surface area contributed by atoms with E-state index in [0.717, 1.165) is 30.4 Å². The first-order valence-electron chi connectivity index (χ1n) is 9.77. The summed E-state index contributed by atoms with van der Waals surface area (Å²) in [4.78, 5) is 12.5. The van der Waals surface area contributed by atoms with Gasteiger partial charge in [0.05, 0.1) is 11.3 Å². The number of fused-ring (bicyclic) bond motifs is 1. The van der Waals surface area contributed by atoms with Crippen molar-refractivity contribution in [2.24, 2.45) is 0 Å². The van der Waals surface area contributed by atoms with Crippen LogP contribution in [0.15, 0.2) is 47.4 Å². The molecule has 7 nitrogen and oxygen atoms in total. The molecule has 1 saturated heterocycles. The van der Waals surface area contributed by atoms with Crippen LogP contribution in [-0.2, 0) is 27.8 Å². The molecule has 0 radical (unpaired) electrons. The number of sulfonamides is 1. The van der Waals surface area contributed by atoms with Crippen molar-refractivity contribution >= 4 is 15.9 Å². The maximum absolute atomic E-state index is 12.7. The molecule has 0 spiro atoms. The molecule has 4 rings (SSSR count). The highest BCUT2D eigenvalue weighted by Crippen LogP contribution is 2.32. The van der Waals surface area contributed by atoms with E-state index in [4.69, 9.17) is 9.47 Å². The Balaban J connectivity index is 1.33. The number of rotatable bonds is 6. The molecule has 0 atom stereocenters. The Morgan fingerprint density at radius 2 is 1.62 bits per heavy atom. The molecule has 8 heteroatoms. The first-order valence-corrected chi connectivity index (χ1v) is 11.2. The van der Waals surface area contributed by atoms with Crippen LogP contribution in [0.5, 0.6) is 11.5 Å². The summed E-state index contributed by atoms with van der Waals surface area (Å²) in [5, 5.41) is 2.87. The molecule has 1 N–H and O–H groups in total. The molecule has 0 saturated carbocycles.